The Bertz CT molecular complexity index is 1170. The fourth-order valence-corrected chi connectivity index (χ4v) is 3.02. The van der Waals surface area contributed by atoms with Crippen molar-refractivity contribution in [3.8, 4) is 17.2 Å². The smallest absolute Gasteiger partial charge is 0.457 e. The van der Waals surface area contributed by atoms with Gasteiger partial charge < -0.3 is 25.5 Å². The highest BCUT2D eigenvalue weighted by molar-refractivity contribution is 5.81. The fourth-order valence-electron chi connectivity index (χ4n) is 3.02. The molecule has 30 heavy (non-hydrogen) atoms. The maximum Gasteiger partial charge on any atom is 0.573 e. The lowest BCUT2D eigenvalue weighted by Gasteiger charge is -2.11. The molecule has 1 aromatic heterocycles. The lowest BCUT2D eigenvalue weighted by Crippen LogP contribution is -2.16. The summed E-state index contributed by atoms with van der Waals surface area (Å²) in [6.07, 6.45) is -4.73. The van der Waals surface area contributed by atoms with Crippen LogP contribution >= 0.6 is 0 Å². The minimum Gasteiger partial charge on any atom is -0.457 e. The Labute approximate surface area is 169 Å². The van der Waals surface area contributed by atoms with Gasteiger partial charge in [0.25, 0.3) is 0 Å². The van der Waals surface area contributed by atoms with Gasteiger partial charge in [-0.3, -0.25) is 0 Å². The second-order valence-corrected chi connectivity index (χ2v) is 6.57. The van der Waals surface area contributed by atoms with E-state index in [4.69, 9.17) is 16.2 Å². The molecule has 6 nitrogen and oxygen atoms in total. The SMILES string of the molecule is Nc1ccc2nc(N)n(Cc3ccc(Oc4ccc(OC(F)(F)F)cc4)cc3)c2c1. The number of hydrogen-bond acceptors (Lipinski definition) is 5. The van der Waals surface area contributed by atoms with Crippen LogP contribution in [0.15, 0.2) is 66.7 Å². The molecule has 0 saturated carbocycles. The number of benzene rings is 3. The van der Waals surface area contributed by atoms with Crippen molar-refractivity contribution < 1.29 is 22.6 Å². The van der Waals surface area contributed by atoms with Gasteiger partial charge in [0.1, 0.15) is 17.2 Å². The zero-order valence-corrected chi connectivity index (χ0v) is 15.6. The average Bonchev–Trinajstić information content (AvgIpc) is 2.98. The first kappa shape index (κ1) is 19.4. The molecule has 0 fully saturated rings. The van der Waals surface area contributed by atoms with E-state index in [0.717, 1.165) is 16.6 Å². The van der Waals surface area contributed by atoms with E-state index in [-0.39, 0.29) is 5.75 Å². The van der Waals surface area contributed by atoms with E-state index in [1.54, 1.807) is 18.2 Å². The summed E-state index contributed by atoms with van der Waals surface area (Å²) in [6.45, 7) is 0.496. The zero-order valence-electron chi connectivity index (χ0n) is 15.6. The van der Waals surface area contributed by atoms with Gasteiger partial charge in [-0.05, 0) is 60.2 Å². The summed E-state index contributed by atoms with van der Waals surface area (Å²) in [5.41, 5.74) is 15.1. The van der Waals surface area contributed by atoms with Crippen molar-refractivity contribution >= 4 is 22.7 Å². The van der Waals surface area contributed by atoms with Gasteiger partial charge in [-0.25, -0.2) is 4.98 Å². The molecule has 3 aromatic carbocycles. The highest BCUT2D eigenvalue weighted by Gasteiger charge is 2.30. The van der Waals surface area contributed by atoms with Crippen LogP contribution in [0.2, 0.25) is 0 Å². The van der Waals surface area contributed by atoms with Crippen molar-refractivity contribution in [3.63, 3.8) is 0 Å². The van der Waals surface area contributed by atoms with E-state index >= 15 is 0 Å². The fraction of sp³-hybridized carbons (Fsp3) is 0.0952. The third kappa shape index (κ3) is 4.40. The Morgan fingerprint density at radius 2 is 1.43 bits per heavy atom. The highest BCUT2D eigenvalue weighted by Crippen LogP contribution is 2.28. The van der Waals surface area contributed by atoms with Crippen molar-refractivity contribution in [1.82, 2.24) is 9.55 Å². The number of fused-ring (bicyclic) bond motifs is 1. The number of imidazole rings is 1. The molecule has 4 N–H and O–H groups in total. The van der Waals surface area contributed by atoms with Gasteiger partial charge in [-0.2, -0.15) is 0 Å². The van der Waals surface area contributed by atoms with E-state index in [9.17, 15) is 13.2 Å². The second kappa shape index (κ2) is 7.51. The number of alkyl halides is 3. The van der Waals surface area contributed by atoms with Crippen LogP contribution in [-0.2, 0) is 6.54 Å². The standard InChI is InChI=1S/C21H17F3N4O2/c22-21(23,24)30-17-8-6-16(7-9-17)29-15-4-1-13(2-5-15)12-28-19-11-14(25)3-10-18(19)27-20(28)26/h1-11H,12,25H2,(H2,26,27). The summed E-state index contributed by atoms with van der Waals surface area (Å²) in [4.78, 5) is 4.33. The predicted octanol–water partition coefficient (Wildman–Crippen LogP) is 4.94. The van der Waals surface area contributed by atoms with Gasteiger partial charge in [0.05, 0.1) is 17.6 Å². The van der Waals surface area contributed by atoms with Gasteiger partial charge in [0, 0.05) is 5.69 Å². The third-order valence-electron chi connectivity index (χ3n) is 4.36. The van der Waals surface area contributed by atoms with Crippen LogP contribution in [0, 0.1) is 0 Å². The molecule has 0 bridgehead atoms. The van der Waals surface area contributed by atoms with Gasteiger partial charge in [0.2, 0.25) is 5.95 Å². The molecule has 0 aliphatic heterocycles. The lowest BCUT2D eigenvalue weighted by molar-refractivity contribution is -0.274. The number of ether oxygens (including phenoxy) is 2. The molecule has 0 spiro atoms. The van der Waals surface area contributed by atoms with Crippen LogP contribution in [0.1, 0.15) is 5.56 Å². The van der Waals surface area contributed by atoms with Crippen LogP contribution in [0.5, 0.6) is 17.2 Å². The number of halogens is 3. The molecule has 9 heteroatoms. The maximum atomic E-state index is 12.2. The number of anilines is 2. The molecule has 0 atom stereocenters. The van der Waals surface area contributed by atoms with E-state index in [1.807, 2.05) is 28.8 Å². The summed E-state index contributed by atoms with van der Waals surface area (Å²) < 4.78 is 48.0. The lowest BCUT2D eigenvalue weighted by atomic mass is 10.2. The first-order chi connectivity index (χ1) is 14.3. The molecule has 4 aromatic rings. The van der Waals surface area contributed by atoms with E-state index in [2.05, 4.69) is 9.72 Å². The Morgan fingerprint density at radius 1 is 0.833 bits per heavy atom. The van der Waals surface area contributed by atoms with Gasteiger partial charge in [0.15, 0.2) is 0 Å². The first-order valence-corrected chi connectivity index (χ1v) is 8.91. The Kier molecular flexibility index (Phi) is 4.86. The molecule has 4 rings (SSSR count). The summed E-state index contributed by atoms with van der Waals surface area (Å²) in [5, 5.41) is 0. The molecule has 0 aliphatic rings. The van der Waals surface area contributed by atoms with Crippen LogP contribution in [0.4, 0.5) is 24.8 Å². The molecule has 1 heterocycles. The van der Waals surface area contributed by atoms with Crippen LogP contribution < -0.4 is 20.9 Å². The Hall–Kier alpha value is -3.88. The number of aromatic nitrogens is 2. The first-order valence-electron chi connectivity index (χ1n) is 8.91. The van der Waals surface area contributed by atoms with Crippen molar-refractivity contribution in [2.75, 3.05) is 11.5 Å². The molecular weight excluding hydrogens is 397 g/mol. The zero-order chi connectivity index (χ0) is 21.3. The number of nitrogens with two attached hydrogens (primary N) is 2. The highest BCUT2D eigenvalue weighted by atomic mass is 19.4. The number of nitrogen functional groups attached to an aromatic ring is 2. The Morgan fingerprint density at radius 3 is 2.07 bits per heavy atom. The number of rotatable bonds is 5. The van der Waals surface area contributed by atoms with Gasteiger partial charge in [-0.15, -0.1) is 13.2 Å². The summed E-state index contributed by atoms with van der Waals surface area (Å²) >= 11 is 0. The van der Waals surface area contributed by atoms with Crippen LogP contribution in [-0.4, -0.2) is 15.9 Å². The molecule has 154 valence electrons. The molecular formula is C21H17F3N4O2. The average molecular weight is 414 g/mol. The summed E-state index contributed by atoms with van der Waals surface area (Å²) in [5.74, 6) is 1.00. The van der Waals surface area contributed by atoms with E-state index in [1.165, 1.54) is 24.3 Å². The molecule has 0 unspecified atom stereocenters. The molecule has 0 radical (unpaired) electrons. The van der Waals surface area contributed by atoms with Crippen molar-refractivity contribution in [3.05, 3.63) is 72.3 Å². The van der Waals surface area contributed by atoms with Gasteiger partial charge >= 0.3 is 6.36 Å². The van der Waals surface area contributed by atoms with Crippen LogP contribution in [0.25, 0.3) is 11.0 Å². The monoisotopic (exact) mass is 414 g/mol. The largest absolute Gasteiger partial charge is 0.573 e. The minimum absolute atomic E-state index is 0.309. The maximum absolute atomic E-state index is 12.2. The number of hydrogen-bond donors (Lipinski definition) is 2. The van der Waals surface area contributed by atoms with Crippen LogP contribution in [0.3, 0.4) is 0 Å². The summed E-state index contributed by atoms with van der Waals surface area (Å²) in [7, 11) is 0. The topological polar surface area (TPSA) is 88.3 Å². The second-order valence-electron chi connectivity index (χ2n) is 6.57. The molecule has 0 amide bonds. The number of nitrogens with zero attached hydrogens (tertiary/aromatic N) is 2. The van der Waals surface area contributed by atoms with Crippen molar-refractivity contribution in [2.45, 2.75) is 12.9 Å². The molecule has 0 aliphatic carbocycles. The summed E-state index contributed by atoms with van der Waals surface area (Å²) in [6, 6.07) is 17.9. The predicted molar refractivity (Wildman–Crippen MR) is 107 cm³/mol. The van der Waals surface area contributed by atoms with Gasteiger partial charge in [-0.1, -0.05) is 12.1 Å². The van der Waals surface area contributed by atoms with Crippen molar-refractivity contribution in [2.24, 2.45) is 0 Å². The Balaban J connectivity index is 1.46. The molecule has 0 saturated heterocycles. The normalized spacial score (nSPS) is 11.6. The van der Waals surface area contributed by atoms with E-state index < -0.39 is 6.36 Å². The van der Waals surface area contributed by atoms with E-state index in [0.29, 0.717) is 29.7 Å². The van der Waals surface area contributed by atoms with Crippen molar-refractivity contribution in [1.29, 1.82) is 0 Å². The minimum atomic E-state index is -4.73. The quantitative estimate of drug-likeness (QED) is 0.452. The third-order valence-corrected chi connectivity index (χ3v) is 4.36.